The molecular weight excluding hydrogens is 340 g/mol. The van der Waals surface area contributed by atoms with Crippen molar-refractivity contribution < 1.29 is 13.2 Å². The second-order valence-electron chi connectivity index (χ2n) is 5.93. The van der Waals surface area contributed by atoms with Crippen LogP contribution >= 0.6 is 0 Å². The summed E-state index contributed by atoms with van der Waals surface area (Å²) in [5.74, 6) is 1.14. The van der Waals surface area contributed by atoms with Gasteiger partial charge in [-0.15, -0.1) is 0 Å². The minimum absolute atomic E-state index is 0.0124. The van der Waals surface area contributed by atoms with Crippen LogP contribution in [0.15, 0.2) is 41.4 Å². The topological polar surface area (TPSA) is 92.3 Å². The Morgan fingerprint density at radius 2 is 1.84 bits per heavy atom. The molecular formula is C17H20N4O3S. The van der Waals surface area contributed by atoms with Crippen LogP contribution in [0.1, 0.15) is 35.9 Å². The number of rotatable bonds is 6. The van der Waals surface area contributed by atoms with Gasteiger partial charge in [-0.2, -0.15) is 0 Å². The highest BCUT2D eigenvalue weighted by atomic mass is 32.2. The molecule has 0 amide bonds. The summed E-state index contributed by atoms with van der Waals surface area (Å²) in [4.78, 5) is 22.1. The lowest BCUT2D eigenvalue weighted by molar-refractivity contribution is 0.101. The zero-order chi connectivity index (χ0) is 17.9. The van der Waals surface area contributed by atoms with Crippen LogP contribution < -0.4 is 9.62 Å². The number of carbonyl (C=O) groups is 1. The average Bonchev–Trinajstić information content (AvgIpc) is 3.15. The lowest BCUT2D eigenvalue weighted by atomic mass is 10.2. The highest BCUT2D eigenvalue weighted by Crippen LogP contribution is 2.17. The number of Topliss-reactive ketones (excluding diaryl/α,β-unsaturated/α-hetero) is 1. The van der Waals surface area contributed by atoms with Crippen LogP contribution in [0.3, 0.4) is 0 Å². The van der Waals surface area contributed by atoms with E-state index < -0.39 is 10.0 Å². The standard InChI is InChI=1S/C17H20N4O3S/c1-13(22)14-4-6-15(7-5-14)25(23,24)19-12-16-18-9-8-17(20-16)21-10-2-3-11-21/h4-9,19H,2-3,10-12H2,1H3. The van der Waals surface area contributed by atoms with Gasteiger partial charge in [-0.1, -0.05) is 12.1 Å². The number of carbonyl (C=O) groups excluding carboxylic acids is 1. The molecule has 2 heterocycles. The molecule has 7 nitrogen and oxygen atoms in total. The lowest BCUT2D eigenvalue weighted by Gasteiger charge is -2.16. The number of hydrogen-bond donors (Lipinski definition) is 1. The first-order valence-corrected chi connectivity index (χ1v) is 9.61. The van der Waals surface area contributed by atoms with Gasteiger partial charge in [0.1, 0.15) is 11.6 Å². The van der Waals surface area contributed by atoms with Crippen LogP contribution in [0.2, 0.25) is 0 Å². The predicted molar refractivity (Wildman–Crippen MR) is 94.0 cm³/mol. The van der Waals surface area contributed by atoms with E-state index in [-0.39, 0.29) is 17.2 Å². The van der Waals surface area contributed by atoms with Crippen molar-refractivity contribution in [1.82, 2.24) is 14.7 Å². The fourth-order valence-electron chi connectivity index (χ4n) is 2.71. The molecule has 0 radical (unpaired) electrons. The van der Waals surface area contributed by atoms with E-state index in [9.17, 15) is 13.2 Å². The summed E-state index contributed by atoms with van der Waals surface area (Å²) in [5.41, 5.74) is 0.473. The molecule has 0 atom stereocenters. The number of benzene rings is 1. The van der Waals surface area contributed by atoms with Gasteiger partial charge in [0.25, 0.3) is 0 Å². The number of ketones is 1. The molecule has 8 heteroatoms. The molecule has 1 saturated heterocycles. The zero-order valence-electron chi connectivity index (χ0n) is 14.0. The Morgan fingerprint density at radius 3 is 2.48 bits per heavy atom. The van der Waals surface area contributed by atoms with Crippen molar-refractivity contribution >= 4 is 21.6 Å². The molecule has 0 aliphatic carbocycles. The van der Waals surface area contributed by atoms with Crippen molar-refractivity contribution in [3.63, 3.8) is 0 Å². The smallest absolute Gasteiger partial charge is 0.240 e. The van der Waals surface area contributed by atoms with Crippen LogP contribution in [-0.4, -0.2) is 37.3 Å². The Morgan fingerprint density at radius 1 is 1.16 bits per heavy atom. The number of sulfonamides is 1. The number of nitrogens with one attached hydrogen (secondary N) is 1. The van der Waals surface area contributed by atoms with Gasteiger partial charge < -0.3 is 4.90 Å². The van der Waals surface area contributed by atoms with Gasteiger partial charge in [-0.05, 0) is 38.0 Å². The van der Waals surface area contributed by atoms with Gasteiger partial charge in [0.2, 0.25) is 10.0 Å². The Bertz CT molecular complexity index is 860. The Labute approximate surface area is 147 Å². The first-order chi connectivity index (χ1) is 12.0. The normalized spacial score (nSPS) is 14.7. The highest BCUT2D eigenvalue weighted by molar-refractivity contribution is 7.89. The van der Waals surface area contributed by atoms with Gasteiger partial charge in [-0.25, -0.2) is 23.1 Å². The molecule has 1 fully saturated rings. The lowest BCUT2D eigenvalue weighted by Crippen LogP contribution is -2.25. The SMILES string of the molecule is CC(=O)c1ccc(S(=O)(=O)NCc2nccc(N3CCCC3)n2)cc1. The molecule has 0 bridgehead atoms. The van der Waals surface area contributed by atoms with E-state index in [4.69, 9.17) is 0 Å². The first kappa shape index (κ1) is 17.5. The van der Waals surface area contributed by atoms with E-state index in [0.717, 1.165) is 31.7 Å². The summed E-state index contributed by atoms with van der Waals surface area (Å²) >= 11 is 0. The van der Waals surface area contributed by atoms with Crippen molar-refractivity contribution in [3.05, 3.63) is 47.9 Å². The Kier molecular flexibility index (Phi) is 5.10. The average molecular weight is 360 g/mol. The van der Waals surface area contributed by atoms with E-state index in [0.29, 0.717) is 11.4 Å². The molecule has 1 N–H and O–H groups in total. The van der Waals surface area contributed by atoms with Crippen LogP contribution in [0.4, 0.5) is 5.82 Å². The third-order valence-corrected chi connectivity index (χ3v) is 5.53. The molecule has 0 saturated carbocycles. The van der Waals surface area contributed by atoms with Crippen molar-refractivity contribution in [1.29, 1.82) is 0 Å². The third-order valence-electron chi connectivity index (χ3n) is 4.11. The summed E-state index contributed by atoms with van der Waals surface area (Å²) in [6.45, 7) is 3.38. The van der Waals surface area contributed by atoms with Gasteiger partial charge >= 0.3 is 0 Å². The number of nitrogens with zero attached hydrogens (tertiary/aromatic N) is 3. The molecule has 132 valence electrons. The molecule has 0 spiro atoms. The molecule has 25 heavy (non-hydrogen) atoms. The second kappa shape index (κ2) is 7.28. The highest BCUT2D eigenvalue weighted by Gasteiger charge is 2.17. The Balaban J connectivity index is 1.69. The molecule has 2 aromatic rings. The van der Waals surface area contributed by atoms with Crippen LogP contribution in [-0.2, 0) is 16.6 Å². The van der Waals surface area contributed by atoms with Crippen LogP contribution in [0.5, 0.6) is 0 Å². The van der Waals surface area contributed by atoms with E-state index >= 15 is 0 Å². The van der Waals surface area contributed by atoms with E-state index in [1.54, 1.807) is 6.20 Å². The number of anilines is 1. The summed E-state index contributed by atoms with van der Waals surface area (Å²) in [6.07, 6.45) is 3.93. The van der Waals surface area contributed by atoms with E-state index in [2.05, 4.69) is 19.6 Å². The Hall–Kier alpha value is -2.32. The molecule has 3 rings (SSSR count). The first-order valence-electron chi connectivity index (χ1n) is 8.13. The minimum Gasteiger partial charge on any atom is -0.357 e. The van der Waals surface area contributed by atoms with Crippen molar-refractivity contribution in [2.45, 2.75) is 31.2 Å². The number of aromatic nitrogens is 2. The maximum Gasteiger partial charge on any atom is 0.240 e. The maximum absolute atomic E-state index is 12.4. The van der Waals surface area contributed by atoms with Crippen LogP contribution in [0.25, 0.3) is 0 Å². The summed E-state index contributed by atoms with van der Waals surface area (Å²) in [7, 11) is -3.69. The fraction of sp³-hybridized carbons (Fsp3) is 0.353. The van der Waals surface area contributed by atoms with Crippen molar-refractivity contribution in [2.75, 3.05) is 18.0 Å². The largest absolute Gasteiger partial charge is 0.357 e. The molecule has 1 aliphatic heterocycles. The summed E-state index contributed by atoms with van der Waals surface area (Å²) in [5, 5.41) is 0. The monoisotopic (exact) mass is 360 g/mol. The minimum atomic E-state index is -3.69. The molecule has 1 aromatic heterocycles. The fourth-order valence-corrected chi connectivity index (χ4v) is 3.69. The van der Waals surface area contributed by atoms with Gasteiger partial charge in [0.05, 0.1) is 11.4 Å². The van der Waals surface area contributed by atoms with Crippen molar-refractivity contribution in [3.8, 4) is 0 Å². The zero-order valence-corrected chi connectivity index (χ0v) is 14.8. The molecule has 1 aromatic carbocycles. The molecule has 1 aliphatic rings. The van der Waals surface area contributed by atoms with E-state index in [1.807, 2.05) is 6.07 Å². The predicted octanol–water partition coefficient (Wildman–Crippen LogP) is 1.76. The quantitative estimate of drug-likeness (QED) is 0.789. The van der Waals surface area contributed by atoms with Crippen molar-refractivity contribution in [2.24, 2.45) is 0 Å². The van der Waals surface area contributed by atoms with Gasteiger partial charge in [0.15, 0.2) is 5.78 Å². The van der Waals surface area contributed by atoms with E-state index in [1.165, 1.54) is 31.2 Å². The molecule has 0 unspecified atom stereocenters. The van der Waals surface area contributed by atoms with Gasteiger partial charge in [0, 0.05) is 24.8 Å². The maximum atomic E-state index is 12.4. The summed E-state index contributed by atoms with van der Waals surface area (Å²) in [6, 6.07) is 7.67. The number of hydrogen-bond acceptors (Lipinski definition) is 6. The van der Waals surface area contributed by atoms with Crippen LogP contribution in [0, 0.1) is 0 Å². The van der Waals surface area contributed by atoms with Gasteiger partial charge in [-0.3, -0.25) is 4.79 Å². The third kappa shape index (κ3) is 4.21. The summed E-state index contributed by atoms with van der Waals surface area (Å²) < 4.78 is 27.2. The second-order valence-corrected chi connectivity index (χ2v) is 7.70.